The number of nitrogens with zero attached hydrogens (tertiary/aromatic N) is 1. The Balaban J connectivity index is 2.23. The quantitative estimate of drug-likeness (QED) is 0.780. The van der Waals surface area contributed by atoms with Crippen LogP contribution in [0.15, 0.2) is 42.0 Å². The van der Waals surface area contributed by atoms with E-state index in [4.69, 9.17) is 10.00 Å². The number of allylic oxidation sites excluding steroid dienone is 2. The van der Waals surface area contributed by atoms with Crippen molar-refractivity contribution in [2.45, 2.75) is 0 Å². The van der Waals surface area contributed by atoms with Gasteiger partial charge < -0.3 is 4.74 Å². The molecule has 1 aliphatic heterocycles. The van der Waals surface area contributed by atoms with E-state index in [0.717, 1.165) is 17.1 Å². The van der Waals surface area contributed by atoms with E-state index in [0.29, 0.717) is 0 Å². The zero-order chi connectivity index (χ0) is 11.4. The molecule has 2 nitrogen and oxygen atoms in total. The average molecular weight is 229 g/mol. The first-order chi connectivity index (χ1) is 7.83. The molecule has 1 aromatic carbocycles. The molecular weight excluding hydrogens is 218 g/mol. The van der Waals surface area contributed by atoms with E-state index in [-0.39, 0.29) is 0 Å². The van der Waals surface area contributed by atoms with Crippen LogP contribution in [0.25, 0.3) is 4.91 Å². The molecule has 1 aliphatic rings. The highest BCUT2D eigenvalue weighted by Gasteiger charge is 2.08. The minimum absolute atomic E-state index is 0.758. The fourth-order valence-electron chi connectivity index (χ4n) is 1.43. The molecule has 0 saturated heterocycles. The summed E-state index contributed by atoms with van der Waals surface area (Å²) < 4.78 is 5.11. The summed E-state index contributed by atoms with van der Waals surface area (Å²) in [5.41, 5.74) is 1.99. The van der Waals surface area contributed by atoms with Gasteiger partial charge in [0.25, 0.3) is 0 Å². The van der Waals surface area contributed by atoms with Crippen LogP contribution in [0.2, 0.25) is 0 Å². The lowest BCUT2D eigenvalue weighted by Gasteiger charge is -2.10. The fourth-order valence-corrected chi connectivity index (χ4v) is 2.37. The molecule has 1 heterocycles. The topological polar surface area (TPSA) is 33.0 Å². The third kappa shape index (κ3) is 2.29. The van der Waals surface area contributed by atoms with E-state index in [9.17, 15) is 0 Å². The van der Waals surface area contributed by atoms with Crippen molar-refractivity contribution < 1.29 is 4.74 Å². The van der Waals surface area contributed by atoms with E-state index in [1.165, 1.54) is 10.5 Å². The van der Waals surface area contributed by atoms with E-state index in [1.807, 2.05) is 36.4 Å². The van der Waals surface area contributed by atoms with Gasteiger partial charge in [-0.25, -0.2) is 0 Å². The van der Waals surface area contributed by atoms with Gasteiger partial charge in [-0.3, -0.25) is 0 Å². The summed E-state index contributed by atoms with van der Waals surface area (Å²) in [4.78, 5) is 1.20. The zero-order valence-electron chi connectivity index (χ0n) is 8.93. The van der Waals surface area contributed by atoms with Gasteiger partial charge in [0, 0.05) is 16.2 Å². The van der Waals surface area contributed by atoms with Crippen LogP contribution in [-0.4, -0.2) is 12.9 Å². The zero-order valence-corrected chi connectivity index (χ0v) is 9.75. The summed E-state index contributed by atoms with van der Waals surface area (Å²) in [5.74, 6) is 1.62. The van der Waals surface area contributed by atoms with Gasteiger partial charge in [-0.05, 0) is 29.8 Å². The first kappa shape index (κ1) is 10.8. The molecule has 80 valence electrons. The smallest absolute Gasteiger partial charge is 0.118 e. The van der Waals surface area contributed by atoms with Crippen molar-refractivity contribution in [3.05, 3.63) is 47.6 Å². The van der Waals surface area contributed by atoms with Crippen LogP contribution in [0.4, 0.5) is 0 Å². The summed E-state index contributed by atoms with van der Waals surface area (Å²) >= 11 is 1.69. The molecular formula is C13H11NOS. The Labute approximate surface area is 99.2 Å². The molecule has 3 heteroatoms. The predicted octanol–water partition coefficient (Wildman–Crippen LogP) is 3.23. The number of benzene rings is 1. The highest BCUT2D eigenvalue weighted by molar-refractivity contribution is 8.08. The summed E-state index contributed by atoms with van der Waals surface area (Å²) in [7, 11) is 1.66. The van der Waals surface area contributed by atoms with Crippen LogP contribution < -0.4 is 4.74 Å². The number of hydrogen-bond donors (Lipinski definition) is 0. The van der Waals surface area contributed by atoms with Crippen LogP contribution in [-0.2, 0) is 0 Å². The Hall–Kier alpha value is -1.66. The highest BCUT2D eigenvalue weighted by atomic mass is 32.2. The van der Waals surface area contributed by atoms with Crippen LogP contribution in [0.3, 0.4) is 0 Å². The first-order valence-corrected chi connectivity index (χ1v) is 5.90. The van der Waals surface area contributed by atoms with Crippen molar-refractivity contribution in [1.82, 2.24) is 0 Å². The third-order valence-electron chi connectivity index (χ3n) is 2.34. The summed E-state index contributed by atoms with van der Waals surface area (Å²) in [6.45, 7) is 0. The Morgan fingerprint density at radius 1 is 1.25 bits per heavy atom. The summed E-state index contributed by atoms with van der Waals surface area (Å²) in [6, 6.07) is 10.1. The molecule has 0 radical (unpaired) electrons. The first-order valence-electron chi connectivity index (χ1n) is 4.91. The molecule has 0 N–H and O–H groups in total. The van der Waals surface area contributed by atoms with Gasteiger partial charge in [0.1, 0.15) is 5.75 Å². The molecule has 16 heavy (non-hydrogen) atoms. The predicted molar refractivity (Wildman–Crippen MR) is 67.1 cm³/mol. The summed E-state index contributed by atoms with van der Waals surface area (Å²) in [5, 5.41) is 8.74. The maximum absolute atomic E-state index is 8.74. The molecule has 0 aliphatic carbocycles. The van der Waals surface area contributed by atoms with E-state index in [2.05, 4.69) is 6.07 Å². The normalized spacial score (nSPS) is 14.8. The number of thioether (sulfide) groups is 1. The monoisotopic (exact) mass is 229 g/mol. The maximum atomic E-state index is 8.74. The van der Waals surface area contributed by atoms with Gasteiger partial charge >= 0.3 is 0 Å². The van der Waals surface area contributed by atoms with E-state index >= 15 is 0 Å². The van der Waals surface area contributed by atoms with Crippen molar-refractivity contribution in [2.75, 3.05) is 12.9 Å². The Bertz CT molecular complexity index is 480. The molecule has 0 fully saturated rings. The third-order valence-corrected chi connectivity index (χ3v) is 3.48. The van der Waals surface area contributed by atoms with Crippen LogP contribution in [0, 0.1) is 11.3 Å². The molecule has 0 bridgehead atoms. The number of methoxy groups -OCH3 is 1. The molecule has 0 atom stereocenters. The second kappa shape index (κ2) is 4.91. The van der Waals surface area contributed by atoms with Gasteiger partial charge in [-0.2, -0.15) is 5.26 Å². The van der Waals surface area contributed by atoms with Gasteiger partial charge in [-0.15, -0.1) is 11.8 Å². The molecule has 0 spiro atoms. The van der Waals surface area contributed by atoms with Crippen molar-refractivity contribution in [2.24, 2.45) is 0 Å². The average Bonchev–Trinajstić information content (AvgIpc) is 2.39. The highest BCUT2D eigenvalue weighted by Crippen LogP contribution is 2.32. The Kier molecular flexibility index (Phi) is 3.33. The van der Waals surface area contributed by atoms with Crippen molar-refractivity contribution in [1.29, 1.82) is 5.26 Å². The maximum Gasteiger partial charge on any atom is 0.118 e. The molecule has 0 unspecified atom stereocenters. The van der Waals surface area contributed by atoms with Gasteiger partial charge in [-0.1, -0.05) is 12.1 Å². The number of nitriles is 1. The summed E-state index contributed by atoms with van der Waals surface area (Å²) in [6.07, 6.45) is 3.88. The molecule has 1 aromatic rings. The van der Waals surface area contributed by atoms with Crippen LogP contribution >= 0.6 is 11.8 Å². The number of ether oxygens (including phenoxy) is 1. The van der Waals surface area contributed by atoms with Crippen molar-refractivity contribution in [3.8, 4) is 11.8 Å². The molecule has 0 aromatic heterocycles. The Morgan fingerprint density at radius 2 is 2.00 bits per heavy atom. The lowest BCUT2D eigenvalue weighted by atomic mass is 10.2. The second-order valence-electron chi connectivity index (χ2n) is 3.35. The Morgan fingerprint density at radius 3 is 2.50 bits per heavy atom. The minimum atomic E-state index is 0.758. The SMILES string of the molecule is COc1ccc(C2=CC=C(C#N)CS2)cc1. The van der Waals surface area contributed by atoms with E-state index < -0.39 is 0 Å². The second-order valence-corrected chi connectivity index (χ2v) is 4.37. The van der Waals surface area contributed by atoms with E-state index in [1.54, 1.807) is 18.9 Å². The molecule has 0 saturated carbocycles. The minimum Gasteiger partial charge on any atom is -0.497 e. The van der Waals surface area contributed by atoms with Gasteiger partial charge in [0.05, 0.1) is 13.2 Å². The lowest BCUT2D eigenvalue weighted by molar-refractivity contribution is 0.415. The van der Waals surface area contributed by atoms with Gasteiger partial charge in [0.15, 0.2) is 0 Å². The standard InChI is InChI=1S/C13H11NOS/c1-15-12-5-3-11(4-6-12)13-7-2-10(8-14)9-16-13/h2-7H,9H2,1H3. The molecule has 2 rings (SSSR count). The van der Waals surface area contributed by atoms with Crippen LogP contribution in [0.1, 0.15) is 5.56 Å². The largest absolute Gasteiger partial charge is 0.497 e. The van der Waals surface area contributed by atoms with Crippen molar-refractivity contribution in [3.63, 3.8) is 0 Å². The number of rotatable bonds is 2. The lowest BCUT2D eigenvalue weighted by Crippen LogP contribution is -1.91. The molecule has 0 amide bonds. The number of hydrogen-bond acceptors (Lipinski definition) is 3. The van der Waals surface area contributed by atoms with Gasteiger partial charge in [0.2, 0.25) is 0 Å². The van der Waals surface area contributed by atoms with Crippen LogP contribution in [0.5, 0.6) is 5.75 Å². The van der Waals surface area contributed by atoms with Crippen molar-refractivity contribution >= 4 is 16.7 Å². The fraction of sp³-hybridized carbons (Fsp3) is 0.154.